The topological polar surface area (TPSA) is 38.8 Å². The molecule has 80 valence electrons. The minimum absolute atomic E-state index is 0.167. The van der Waals surface area contributed by atoms with Crippen LogP contribution in [0, 0.1) is 0 Å². The molecular weight excluding hydrogens is 182 g/mol. The molecule has 1 aliphatic carbocycles. The highest BCUT2D eigenvalue weighted by Crippen LogP contribution is 2.31. The molecule has 0 radical (unpaired) electrons. The average molecular weight is 199 g/mol. The first kappa shape index (κ1) is 9.77. The first-order valence-corrected chi connectivity index (χ1v) is 5.27. The summed E-state index contributed by atoms with van der Waals surface area (Å²) in [7, 11) is 1.46. The predicted molar refractivity (Wildman–Crippen MR) is 51.1 cm³/mol. The van der Waals surface area contributed by atoms with E-state index < -0.39 is 0 Å². The zero-order valence-electron chi connectivity index (χ0n) is 8.57. The van der Waals surface area contributed by atoms with Crippen LogP contribution in [-0.4, -0.2) is 43.4 Å². The number of nitrogens with zero attached hydrogens (tertiary/aromatic N) is 1. The molecule has 14 heavy (non-hydrogen) atoms. The lowest BCUT2D eigenvalue weighted by molar-refractivity contribution is 0.0285. The molecule has 0 bridgehead atoms. The number of methoxy groups -OCH3 is 1. The van der Waals surface area contributed by atoms with Gasteiger partial charge in [-0.15, -0.1) is 0 Å². The quantitative estimate of drug-likeness (QED) is 0.674. The first-order valence-electron chi connectivity index (χ1n) is 5.27. The molecule has 1 aliphatic heterocycles. The van der Waals surface area contributed by atoms with Gasteiger partial charge in [-0.1, -0.05) is 0 Å². The molecule has 0 aromatic carbocycles. The monoisotopic (exact) mass is 199 g/mol. The van der Waals surface area contributed by atoms with Gasteiger partial charge in [0.05, 0.1) is 7.11 Å². The normalized spacial score (nSPS) is 23.2. The number of ether oxygens (including phenoxy) is 2. The zero-order chi connectivity index (χ0) is 9.97. The highest BCUT2D eigenvalue weighted by atomic mass is 16.5. The summed E-state index contributed by atoms with van der Waals surface area (Å²) < 4.78 is 10.1. The van der Waals surface area contributed by atoms with Gasteiger partial charge in [0.1, 0.15) is 0 Å². The number of carbonyl (C=O) groups is 1. The summed E-state index contributed by atoms with van der Waals surface area (Å²) in [5.74, 6) is 0. The smallest absolute Gasteiger partial charge is 0.409 e. The molecule has 2 fully saturated rings. The van der Waals surface area contributed by atoms with Crippen LogP contribution in [-0.2, 0) is 9.47 Å². The van der Waals surface area contributed by atoms with Crippen molar-refractivity contribution in [1.82, 2.24) is 4.90 Å². The van der Waals surface area contributed by atoms with E-state index in [0.717, 1.165) is 38.9 Å². The van der Waals surface area contributed by atoms with Crippen molar-refractivity contribution in [3.63, 3.8) is 0 Å². The van der Waals surface area contributed by atoms with E-state index in [1.807, 2.05) is 4.90 Å². The Kier molecular flexibility index (Phi) is 2.91. The van der Waals surface area contributed by atoms with Crippen LogP contribution in [0.1, 0.15) is 25.7 Å². The van der Waals surface area contributed by atoms with Crippen LogP contribution >= 0.6 is 0 Å². The second-order valence-electron chi connectivity index (χ2n) is 3.95. The summed E-state index contributed by atoms with van der Waals surface area (Å²) in [5.41, 5.74) is 0. The molecule has 0 spiro atoms. The van der Waals surface area contributed by atoms with Crippen molar-refractivity contribution in [2.75, 3.05) is 20.3 Å². The Morgan fingerprint density at radius 1 is 1.21 bits per heavy atom. The van der Waals surface area contributed by atoms with E-state index in [9.17, 15) is 4.79 Å². The number of carbonyl (C=O) groups excluding carboxylic acids is 1. The molecule has 0 aromatic rings. The Morgan fingerprint density at radius 2 is 1.79 bits per heavy atom. The van der Waals surface area contributed by atoms with Gasteiger partial charge in [0.25, 0.3) is 0 Å². The minimum atomic E-state index is -0.167. The molecule has 1 heterocycles. The lowest BCUT2D eigenvalue weighted by atomic mass is 10.1. The number of hydrogen-bond donors (Lipinski definition) is 0. The van der Waals surface area contributed by atoms with E-state index in [1.165, 1.54) is 7.11 Å². The Balaban J connectivity index is 1.97. The second kappa shape index (κ2) is 4.17. The van der Waals surface area contributed by atoms with Crippen molar-refractivity contribution >= 4 is 6.09 Å². The minimum Gasteiger partial charge on any atom is -0.453 e. The number of hydrogen-bond acceptors (Lipinski definition) is 3. The van der Waals surface area contributed by atoms with Crippen LogP contribution in [0.4, 0.5) is 4.79 Å². The van der Waals surface area contributed by atoms with Crippen LogP contribution in [0.15, 0.2) is 0 Å². The van der Waals surface area contributed by atoms with Crippen molar-refractivity contribution in [3.05, 3.63) is 0 Å². The van der Waals surface area contributed by atoms with E-state index in [2.05, 4.69) is 0 Å². The van der Waals surface area contributed by atoms with E-state index in [-0.39, 0.29) is 6.09 Å². The maximum absolute atomic E-state index is 11.6. The average Bonchev–Trinajstić information content (AvgIpc) is 3.04. The van der Waals surface area contributed by atoms with Crippen LogP contribution < -0.4 is 0 Å². The number of rotatable bonds is 2. The third-order valence-electron chi connectivity index (χ3n) is 2.91. The lowest BCUT2D eigenvalue weighted by Gasteiger charge is -2.33. The maximum Gasteiger partial charge on any atom is 0.409 e. The molecule has 4 heteroatoms. The molecule has 2 rings (SSSR count). The second-order valence-corrected chi connectivity index (χ2v) is 3.95. The highest BCUT2D eigenvalue weighted by molar-refractivity contribution is 5.68. The van der Waals surface area contributed by atoms with E-state index in [1.54, 1.807) is 0 Å². The van der Waals surface area contributed by atoms with Gasteiger partial charge in [0, 0.05) is 25.3 Å². The number of amides is 1. The molecule has 1 saturated heterocycles. The highest BCUT2D eigenvalue weighted by Gasteiger charge is 2.38. The predicted octanol–water partition coefficient (Wildman–Crippen LogP) is 1.40. The maximum atomic E-state index is 11.6. The summed E-state index contributed by atoms with van der Waals surface area (Å²) >= 11 is 0. The van der Waals surface area contributed by atoms with E-state index in [4.69, 9.17) is 9.47 Å². The van der Waals surface area contributed by atoms with Crippen molar-refractivity contribution in [1.29, 1.82) is 0 Å². The van der Waals surface area contributed by atoms with Crippen LogP contribution in [0.5, 0.6) is 0 Å². The van der Waals surface area contributed by atoms with Crippen molar-refractivity contribution in [2.24, 2.45) is 0 Å². The first-order chi connectivity index (χ1) is 6.83. The molecule has 1 amide bonds. The van der Waals surface area contributed by atoms with E-state index in [0.29, 0.717) is 12.1 Å². The van der Waals surface area contributed by atoms with Gasteiger partial charge in [-0.05, 0) is 25.7 Å². The third-order valence-corrected chi connectivity index (χ3v) is 2.91. The van der Waals surface area contributed by atoms with E-state index >= 15 is 0 Å². The SMILES string of the molecule is COC(=O)N(C1CCOCC1)C1CC1. The molecule has 2 aliphatic rings. The van der Waals surface area contributed by atoms with Crippen LogP contribution in [0.3, 0.4) is 0 Å². The standard InChI is InChI=1S/C10H17NO3/c1-13-10(12)11(8-2-3-8)9-4-6-14-7-5-9/h8-9H,2-7H2,1H3. The van der Waals surface area contributed by atoms with Gasteiger partial charge >= 0.3 is 6.09 Å². The van der Waals surface area contributed by atoms with Gasteiger partial charge in [0.2, 0.25) is 0 Å². The van der Waals surface area contributed by atoms with Crippen molar-refractivity contribution in [2.45, 2.75) is 37.8 Å². The fourth-order valence-corrected chi connectivity index (χ4v) is 2.02. The Morgan fingerprint density at radius 3 is 2.29 bits per heavy atom. The Labute approximate surface area is 84.2 Å². The lowest BCUT2D eigenvalue weighted by Crippen LogP contribution is -2.44. The van der Waals surface area contributed by atoms with Crippen LogP contribution in [0.2, 0.25) is 0 Å². The molecule has 1 saturated carbocycles. The molecule has 0 atom stereocenters. The molecule has 0 unspecified atom stereocenters. The van der Waals surface area contributed by atoms with Crippen molar-refractivity contribution < 1.29 is 14.3 Å². The molecule has 4 nitrogen and oxygen atoms in total. The summed E-state index contributed by atoms with van der Waals surface area (Å²) in [4.78, 5) is 13.5. The fourth-order valence-electron chi connectivity index (χ4n) is 2.02. The largest absolute Gasteiger partial charge is 0.453 e. The van der Waals surface area contributed by atoms with Crippen LogP contribution in [0.25, 0.3) is 0 Å². The van der Waals surface area contributed by atoms with Gasteiger partial charge < -0.3 is 14.4 Å². The Hall–Kier alpha value is -0.770. The fraction of sp³-hybridized carbons (Fsp3) is 0.900. The zero-order valence-corrected chi connectivity index (χ0v) is 8.57. The van der Waals surface area contributed by atoms with Gasteiger partial charge in [-0.2, -0.15) is 0 Å². The summed E-state index contributed by atoms with van der Waals surface area (Å²) in [5, 5.41) is 0. The summed E-state index contributed by atoms with van der Waals surface area (Å²) in [6.07, 6.45) is 4.00. The molecule has 0 aromatic heterocycles. The summed E-state index contributed by atoms with van der Waals surface area (Å²) in [6.45, 7) is 1.54. The van der Waals surface area contributed by atoms with Crippen molar-refractivity contribution in [3.8, 4) is 0 Å². The van der Waals surface area contributed by atoms with Gasteiger partial charge in [-0.3, -0.25) is 0 Å². The van der Waals surface area contributed by atoms with Gasteiger partial charge in [-0.25, -0.2) is 4.79 Å². The molecule has 0 N–H and O–H groups in total. The van der Waals surface area contributed by atoms with Gasteiger partial charge in [0.15, 0.2) is 0 Å². The molecular formula is C10H17NO3. The third kappa shape index (κ3) is 2.00. The summed E-state index contributed by atoms with van der Waals surface area (Å²) in [6, 6.07) is 0.772. The Bertz CT molecular complexity index is 209.